The Morgan fingerprint density at radius 1 is 1.25 bits per heavy atom. The van der Waals surface area contributed by atoms with Crippen LogP contribution in [-0.4, -0.2) is 28.5 Å². The van der Waals surface area contributed by atoms with Gasteiger partial charge in [0.1, 0.15) is 6.07 Å². The molecule has 5 N–H and O–H groups in total. The van der Waals surface area contributed by atoms with Crippen LogP contribution in [0.25, 0.3) is 10.9 Å². The molecule has 3 aliphatic rings. The van der Waals surface area contributed by atoms with Gasteiger partial charge in [-0.2, -0.15) is 5.26 Å². The highest BCUT2D eigenvalue weighted by atomic mass is 16.1. The van der Waals surface area contributed by atoms with Gasteiger partial charge in [0.05, 0.1) is 34.1 Å². The van der Waals surface area contributed by atoms with Gasteiger partial charge in [-0.3, -0.25) is 14.8 Å². The normalized spacial score (nSPS) is 16.9. The molecule has 6 rings (SSSR count). The zero-order valence-electron chi connectivity index (χ0n) is 22.9. The van der Waals surface area contributed by atoms with E-state index in [0.29, 0.717) is 47.0 Å². The summed E-state index contributed by atoms with van der Waals surface area (Å²) in [4.78, 5) is 17.5. The molecule has 1 atom stereocenters. The summed E-state index contributed by atoms with van der Waals surface area (Å²) in [6.45, 7) is 7.63. The molecule has 1 amide bonds. The number of hydrogen-bond donors (Lipinski definition) is 5. The van der Waals surface area contributed by atoms with Gasteiger partial charge in [0, 0.05) is 48.2 Å². The number of benzene rings is 2. The fourth-order valence-electron chi connectivity index (χ4n) is 5.20. The molecule has 0 spiro atoms. The molecule has 0 saturated heterocycles. The first-order chi connectivity index (χ1) is 19.3. The van der Waals surface area contributed by atoms with Gasteiger partial charge in [-0.15, -0.1) is 12.0 Å². The van der Waals surface area contributed by atoms with Gasteiger partial charge in [0.2, 0.25) is 0 Å². The van der Waals surface area contributed by atoms with Crippen LogP contribution in [0.5, 0.6) is 0 Å². The number of pyridine rings is 1. The number of carbonyl (C=O) groups is 1. The summed E-state index contributed by atoms with van der Waals surface area (Å²) in [6.07, 6.45) is 11.8. The smallest absolute Gasteiger partial charge is 0.252 e. The van der Waals surface area contributed by atoms with Crippen LogP contribution < -0.4 is 26.9 Å². The molecule has 3 aromatic rings. The van der Waals surface area contributed by atoms with Crippen molar-refractivity contribution < 1.29 is 4.79 Å². The predicted octanol–water partition coefficient (Wildman–Crippen LogP) is 4.27. The van der Waals surface area contributed by atoms with Crippen LogP contribution in [0.15, 0.2) is 48.4 Å². The van der Waals surface area contributed by atoms with Crippen LogP contribution in [0, 0.1) is 29.1 Å². The number of amides is 1. The van der Waals surface area contributed by atoms with E-state index in [-0.39, 0.29) is 11.3 Å². The summed E-state index contributed by atoms with van der Waals surface area (Å²) in [5, 5.41) is 23.0. The lowest BCUT2D eigenvalue weighted by atomic mass is 9.94. The number of rotatable bonds is 7. The maximum Gasteiger partial charge on any atom is 0.252 e. The van der Waals surface area contributed by atoms with Crippen molar-refractivity contribution in [1.29, 1.82) is 5.26 Å². The lowest BCUT2D eigenvalue weighted by Gasteiger charge is -2.24. The summed E-state index contributed by atoms with van der Waals surface area (Å²) in [5.74, 6) is 2.65. The average Bonchev–Trinajstić information content (AvgIpc) is 3.55. The van der Waals surface area contributed by atoms with Crippen molar-refractivity contribution in [3.8, 4) is 18.4 Å². The second-order valence-corrected chi connectivity index (χ2v) is 11.7. The number of nitrogens with one attached hydrogen (secondary N) is 5. The minimum absolute atomic E-state index is 0.00971. The van der Waals surface area contributed by atoms with E-state index in [0.717, 1.165) is 40.7 Å². The molecular formula is C31H32N8O. The average molecular weight is 533 g/mol. The first kappa shape index (κ1) is 25.5. The summed E-state index contributed by atoms with van der Waals surface area (Å²) in [7, 11) is 0. The third kappa shape index (κ3) is 4.76. The van der Waals surface area contributed by atoms with Crippen molar-refractivity contribution in [2.75, 3.05) is 17.2 Å². The van der Waals surface area contributed by atoms with Crippen molar-refractivity contribution in [1.82, 2.24) is 26.3 Å². The number of anilines is 2. The lowest BCUT2D eigenvalue weighted by Crippen LogP contribution is -2.38. The second kappa shape index (κ2) is 9.78. The molecule has 2 aliphatic heterocycles. The Hall–Kier alpha value is -4.73. The Kier molecular flexibility index (Phi) is 6.25. The number of aromatic nitrogens is 1. The Morgan fingerprint density at radius 2 is 2.08 bits per heavy atom. The molecule has 1 saturated carbocycles. The van der Waals surface area contributed by atoms with Crippen LogP contribution in [0.2, 0.25) is 0 Å². The number of fused-ring (bicyclic) bond motifs is 2. The van der Waals surface area contributed by atoms with Crippen molar-refractivity contribution in [3.63, 3.8) is 0 Å². The fourth-order valence-corrected chi connectivity index (χ4v) is 5.20. The molecule has 1 aromatic heterocycles. The molecule has 9 heteroatoms. The monoisotopic (exact) mass is 532 g/mol. The molecule has 40 heavy (non-hydrogen) atoms. The summed E-state index contributed by atoms with van der Waals surface area (Å²) in [5.41, 5.74) is 13.1. The quantitative estimate of drug-likeness (QED) is 0.287. The number of nitrogens with zero attached hydrogens (tertiary/aromatic N) is 3. The minimum atomic E-state index is -0.395. The van der Waals surface area contributed by atoms with Crippen molar-refractivity contribution in [2.24, 2.45) is 5.41 Å². The van der Waals surface area contributed by atoms with Crippen LogP contribution in [0.3, 0.4) is 0 Å². The van der Waals surface area contributed by atoms with Crippen LogP contribution >= 0.6 is 0 Å². The number of carbonyl (C=O) groups excluding carboxylic acids is 1. The molecular weight excluding hydrogens is 500 g/mol. The van der Waals surface area contributed by atoms with Crippen molar-refractivity contribution in [2.45, 2.75) is 52.2 Å². The van der Waals surface area contributed by atoms with E-state index in [2.05, 4.69) is 75.9 Å². The van der Waals surface area contributed by atoms with E-state index in [1.54, 1.807) is 12.3 Å². The largest absolute Gasteiger partial charge is 0.383 e. The van der Waals surface area contributed by atoms with Gasteiger partial charge in [0.15, 0.2) is 0 Å². The first-order valence-corrected chi connectivity index (χ1v) is 13.5. The molecule has 1 aliphatic carbocycles. The number of terminal acetylenes is 1. The van der Waals surface area contributed by atoms with Gasteiger partial charge in [-0.1, -0.05) is 44.9 Å². The highest BCUT2D eigenvalue weighted by molar-refractivity contribution is 6.01. The molecule has 1 fully saturated rings. The molecule has 0 bridgehead atoms. The topological polar surface area (TPSA) is 117 Å². The maximum atomic E-state index is 12.9. The zero-order chi connectivity index (χ0) is 28.0. The molecule has 2 aromatic carbocycles. The summed E-state index contributed by atoms with van der Waals surface area (Å²) >= 11 is 0. The zero-order valence-corrected chi connectivity index (χ0v) is 22.9. The van der Waals surface area contributed by atoms with E-state index in [1.165, 1.54) is 0 Å². The van der Waals surface area contributed by atoms with Gasteiger partial charge in [-0.05, 0) is 41.5 Å². The van der Waals surface area contributed by atoms with Gasteiger partial charge >= 0.3 is 0 Å². The Balaban J connectivity index is 1.47. The van der Waals surface area contributed by atoms with E-state index in [4.69, 9.17) is 6.42 Å². The SMILES string of the molecule is C#Cc1cnc2c(C#N)cc(N[C@H](C3=CN(C4CC4)NN3)c3cccc4c3C(=O)NC4)cc2c1NCC(C)(C)C. The fraction of sp³-hybridized carbons (Fsp3) is 0.323. The highest BCUT2D eigenvalue weighted by Crippen LogP contribution is 2.37. The summed E-state index contributed by atoms with van der Waals surface area (Å²) in [6, 6.07) is 12.1. The van der Waals surface area contributed by atoms with E-state index >= 15 is 0 Å². The Morgan fingerprint density at radius 3 is 2.80 bits per heavy atom. The molecule has 9 nitrogen and oxygen atoms in total. The highest BCUT2D eigenvalue weighted by Gasteiger charge is 2.34. The number of hydrazine groups is 2. The first-order valence-electron chi connectivity index (χ1n) is 13.5. The van der Waals surface area contributed by atoms with Gasteiger partial charge < -0.3 is 21.4 Å². The Bertz CT molecular complexity index is 1630. The minimum Gasteiger partial charge on any atom is -0.383 e. The maximum absolute atomic E-state index is 12.9. The van der Waals surface area contributed by atoms with Gasteiger partial charge in [0.25, 0.3) is 5.91 Å². The molecule has 0 radical (unpaired) electrons. The van der Waals surface area contributed by atoms with Crippen LogP contribution in [0.4, 0.5) is 11.4 Å². The van der Waals surface area contributed by atoms with Crippen LogP contribution in [0.1, 0.15) is 72.3 Å². The third-order valence-corrected chi connectivity index (χ3v) is 7.37. The number of hydrogen-bond acceptors (Lipinski definition) is 8. The molecule has 3 heterocycles. The van der Waals surface area contributed by atoms with E-state index in [1.807, 2.05) is 24.3 Å². The van der Waals surface area contributed by atoms with E-state index < -0.39 is 6.04 Å². The Labute approximate surface area is 234 Å². The van der Waals surface area contributed by atoms with Crippen molar-refractivity contribution in [3.05, 3.63) is 76.2 Å². The lowest BCUT2D eigenvalue weighted by molar-refractivity contribution is 0.0964. The predicted molar refractivity (Wildman–Crippen MR) is 156 cm³/mol. The molecule has 202 valence electrons. The second-order valence-electron chi connectivity index (χ2n) is 11.7. The standard InChI is InChI=1S/C31H32N8O/c1-5-18-14-33-28-20(13-32)11-21(12-24(28)27(18)35-17-31(2,3)4)36-29(25-16-39(38-37-25)22-9-10-22)23-8-6-7-19-15-34-30(40)26(19)23/h1,6-8,11-12,14,16,22,29,36-38H,9-10,15,17H2,2-4H3,(H,33,35)(H,34,40)/t29-/m0/s1. The third-order valence-electron chi connectivity index (χ3n) is 7.37. The van der Waals surface area contributed by atoms with Gasteiger partial charge in [-0.25, -0.2) is 0 Å². The summed E-state index contributed by atoms with van der Waals surface area (Å²) < 4.78 is 0. The van der Waals surface area contributed by atoms with Crippen molar-refractivity contribution >= 4 is 28.2 Å². The molecule has 0 unspecified atom stereocenters. The number of nitriles is 1. The van der Waals surface area contributed by atoms with Crippen LogP contribution in [-0.2, 0) is 6.54 Å². The van der Waals surface area contributed by atoms with E-state index in [9.17, 15) is 10.1 Å².